The summed E-state index contributed by atoms with van der Waals surface area (Å²) in [6.07, 6.45) is 1.51. The highest BCUT2D eigenvalue weighted by atomic mass is 79.9. The zero-order chi connectivity index (χ0) is 29.4. The summed E-state index contributed by atoms with van der Waals surface area (Å²) in [7, 11) is 1.53. The number of para-hydroxylation sites is 1. The van der Waals surface area contributed by atoms with Gasteiger partial charge in [0.2, 0.25) is 5.82 Å². The standard InChI is InChI=1S/C31H19Br3ClN3O4/c1-40-25-14-19(27(34)28(35)29(25)41-16-17-6-8-20(32)9-7-17)15-36-38-30(37-23-5-3-2-4-22(23)31(38)39)26-13-18-12-21(33)10-11-24(18)42-26/h2-15H,16H2,1H3. The van der Waals surface area contributed by atoms with Gasteiger partial charge in [-0.15, -0.1) is 0 Å². The Morgan fingerprint density at radius 3 is 2.55 bits per heavy atom. The molecule has 2 aromatic heterocycles. The van der Waals surface area contributed by atoms with Crippen molar-refractivity contribution >= 4 is 87.5 Å². The van der Waals surface area contributed by atoms with Gasteiger partial charge >= 0.3 is 0 Å². The maximum absolute atomic E-state index is 13.7. The van der Waals surface area contributed by atoms with E-state index in [2.05, 4.69) is 52.9 Å². The van der Waals surface area contributed by atoms with Crippen LogP contribution in [-0.2, 0) is 6.61 Å². The summed E-state index contributed by atoms with van der Waals surface area (Å²) in [5, 5.41) is 6.14. The van der Waals surface area contributed by atoms with E-state index in [-0.39, 0.29) is 11.4 Å². The number of aromatic nitrogens is 2. The molecule has 0 N–H and O–H groups in total. The summed E-state index contributed by atoms with van der Waals surface area (Å²) in [4.78, 5) is 18.4. The molecule has 6 rings (SSSR count). The second-order valence-corrected chi connectivity index (χ2v) is 12.1. The third-order valence-corrected chi connectivity index (χ3v) is 8.90. The van der Waals surface area contributed by atoms with Gasteiger partial charge in [0.15, 0.2) is 17.3 Å². The molecule has 210 valence electrons. The van der Waals surface area contributed by atoms with Crippen LogP contribution in [0.5, 0.6) is 11.5 Å². The number of hydrogen-bond donors (Lipinski definition) is 0. The Hall–Kier alpha value is -3.44. The van der Waals surface area contributed by atoms with E-state index in [0.29, 0.717) is 55.4 Å². The number of fused-ring (bicyclic) bond motifs is 2. The van der Waals surface area contributed by atoms with Crippen LogP contribution >= 0.6 is 59.4 Å². The van der Waals surface area contributed by atoms with Crippen molar-refractivity contribution < 1.29 is 13.9 Å². The highest BCUT2D eigenvalue weighted by Gasteiger charge is 2.19. The first kappa shape index (κ1) is 28.7. The van der Waals surface area contributed by atoms with Gasteiger partial charge in [-0.25, -0.2) is 4.98 Å². The fourth-order valence-corrected chi connectivity index (χ4v) is 5.65. The number of nitrogens with zero attached hydrogens (tertiary/aromatic N) is 3. The first-order valence-electron chi connectivity index (χ1n) is 12.5. The molecule has 0 unspecified atom stereocenters. The summed E-state index contributed by atoms with van der Waals surface area (Å²) in [5.74, 6) is 1.44. The number of halogens is 4. The predicted molar refractivity (Wildman–Crippen MR) is 176 cm³/mol. The van der Waals surface area contributed by atoms with Gasteiger partial charge in [0.25, 0.3) is 5.56 Å². The number of ether oxygens (including phenoxy) is 2. The molecule has 0 bridgehead atoms. The molecule has 0 saturated heterocycles. The molecule has 0 aliphatic rings. The van der Waals surface area contributed by atoms with Crippen LogP contribution in [0.25, 0.3) is 33.5 Å². The number of benzene rings is 4. The van der Waals surface area contributed by atoms with Gasteiger partial charge in [0.05, 0.1) is 24.2 Å². The minimum atomic E-state index is -0.350. The monoisotopic (exact) mass is 769 g/mol. The Labute approximate surface area is 270 Å². The van der Waals surface area contributed by atoms with E-state index in [1.165, 1.54) is 18.0 Å². The fourth-order valence-electron chi connectivity index (χ4n) is 4.36. The van der Waals surface area contributed by atoms with Crippen LogP contribution < -0.4 is 15.0 Å². The lowest BCUT2D eigenvalue weighted by molar-refractivity contribution is 0.284. The average molecular weight is 773 g/mol. The Bertz CT molecular complexity index is 2060. The number of methoxy groups -OCH3 is 1. The zero-order valence-corrected chi connectivity index (χ0v) is 27.3. The highest BCUT2D eigenvalue weighted by Crippen LogP contribution is 2.42. The topological polar surface area (TPSA) is 78.9 Å². The van der Waals surface area contributed by atoms with Crippen LogP contribution in [0.1, 0.15) is 11.1 Å². The van der Waals surface area contributed by atoms with Gasteiger partial charge in [-0.3, -0.25) is 4.79 Å². The van der Waals surface area contributed by atoms with Crippen molar-refractivity contribution in [2.24, 2.45) is 5.10 Å². The predicted octanol–water partition coefficient (Wildman–Crippen LogP) is 9.22. The van der Waals surface area contributed by atoms with Crippen LogP contribution in [0, 0.1) is 0 Å². The maximum atomic E-state index is 13.7. The molecule has 0 radical (unpaired) electrons. The van der Waals surface area contributed by atoms with Crippen LogP contribution in [0.3, 0.4) is 0 Å². The first-order valence-corrected chi connectivity index (χ1v) is 15.3. The molecule has 11 heteroatoms. The molecule has 0 amide bonds. The molecule has 0 aliphatic heterocycles. The van der Waals surface area contributed by atoms with Gasteiger partial charge in [-0.2, -0.15) is 9.78 Å². The van der Waals surface area contributed by atoms with Gasteiger partial charge in [0.1, 0.15) is 17.2 Å². The molecular formula is C31H19Br3ClN3O4. The molecule has 0 fully saturated rings. The SMILES string of the molecule is COc1cc(C=Nn2c(-c3cc4cc(Br)ccc4o3)nc3ccccc3c2=O)c(Br)c(Cl)c1OCc1ccc(Br)cc1. The van der Waals surface area contributed by atoms with Crippen molar-refractivity contribution in [2.75, 3.05) is 7.11 Å². The fraction of sp³-hybridized carbons (Fsp3) is 0.0645. The van der Waals surface area contributed by atoms with E-state index >= 15 is 0 Å². The summed E-state index contributed by atoms with van der Waals surface area (Å²) in [5.41, 5.74) is 2.36. The molecule has 0 aliphatic carbocycles. The van der Waals surface area contributed by atoms with E-state index in [1.54, 1.807) is 24.3 Å². The lowest BCUT2D eigenvalue weighted by atomic mass is 10.2. The Kier molecular flexibility index (Phi) is 8.22. The number of rotatable bonds is 7. The molecule has 4 aromatic carbocycles. The van der Waals surface area contributed by atoms with Crippen LogP contribution in [0.15, 0.2) is 107 Å². The van der Waals surface area contributed by atoms with Gasteiger partial charge in [-0.1, -0.05) is 67.7 Å². The summed E-state index contributed by atoms with van der Waals surface area (Å²) >= 11 is 17.2. The average Bonchev–Trinajstić information content (AvgIpc) is 3.42. The minimum Gasteiger partial charge on any atom is -0.493 e. The van der Waals surface area contributed by atoms with Crippen molar-refractivity contribution in [3.8, 4) is 23.1 Å². The summed E-state index contributed by atoms with van der Waals surface area (Å²) in [6.45, 7) is 0.290. The normalized spacial score (nSPS) is 11.5. The largest absolute Gasteiger partial charge is 0.493 e. The molecule has 6 aromatic rings. The van der Waals surface area contributed by atoms with Crippen LogP contribution in [0.4, 0.5) is 0 Å². The Balaban J connectivity index is 1.42. The Morgan fingerprint density at radius 1 is 1.00 bits per heavy atom. The minimum absolute atomic E-state index is 0.255. The lowest BCUT2D eigenvalue weighted by Gasteiger charge is -2.15. The molecular weight excluding hydrogens is 754 g/mol. The van der Waals surface area contributed by atoms with Crippen molar-refractivity contribution in [1.82, 2.24) is 9.66 Å². The van der Waals surface area contributed by atoms with E-state index in [4.69, 9.17) is 30.5 Å². The molecule has 7 nitrogen and oxygen atoms in total. The second kappa shape index (κ2) is 12.0. The van der Waals surface area contributed by atoms with E-state index in [1.807, 2.05) is 54.6 Å². The van der Waals surface area contributed by atoms with Gasteiger partial charge in [-0.05, 0) is 76.1 Å². The van der Waals surface area contributed by atoms with Crippen molar-refractivity contribution in [1.29, 1.82) is 0 Å². The molecule has 0 atom stereocenters. The second-order valence-electron chi connectivity index (χ2n) is 9.15. The quantitative estimate of drug-likeness (QED) is 0.151. The summed E-state index contributed by atoms with van der Waals surface area (Å²) in [6, 6.07) is 24.1. The van der Waals surface area contributed by atoms with Gasteiger partial charge < -0.3 is 13.9 Å². The smallest absolute Gasteiger partial charge is 0.282 e. The third-order valence-electron chi connectivity index (χ3n) is 6.44. The van der Waals surface area contributed by atoms with Crippen LogP contribution in [-0.4, -0.2) is 23.0 Å². The van der Waals surface area contributed by atoms with Crippen LogP contribution in [0.2, 0.25) is 5.02 Å². The third kappa shape index (κ3) is 5.64. The molecule has 0 spiro atoms. The highest BCUT2D eigenvalue weighted by molar-refractivity contribution is 9.11. The van der Waals surface area contributed by atoms with E-state index < -0.39 is 0 Å². The maximum Gasteiger partial charge on any atom is 0.282 e. The first-order chi connectivity index (χ1) is 20.3. The van der Waals surface area contributed by atoms with Crippen molar-refractivity contribution in [3.63, 3.8) is 0 Å². The number of furan rings is 1. The molecule has 0 saturated carbocycles. The van der Waals surface area contributed by atoms with Gasteiger partial charge in [0, 0.05) is 24.4 Å². The summed E-state index contributed by atoms with van der Waals surface area (Å²) < 4.78 is 21.4. The van der Waals surface area contributed by atoms with E-state index in [9.17, 15) is 4.79 Å². The Morgan fingerprint density at radius 2 is 1.76 bits per heavy atom. The zero-order valence-electron chi connectivity index (χ0n) is 21.8. The molecule has 42 heavy (non-hydrogen) atoms. The van der Waals surface area contributed by atoms with E-state index in [0.717, 1.165) is 19.9 Å². The lowest BCUT2D eigenvalue weighted by Crippen LogP contribution is -2.20. The molecule has 2 heterocycles. The van der Waals surface area contributed by atoms with Crippen molar-refractivity contribution in [2.45, 2.75) is 6.61 Å². The van der Waals surface area contributed by atoms with Crippen molar-refractivity contribution in [3.05, 3.63) is 119 Å². The number of hydrogen-bond acceptors (Lipinski definition) is 6.